The first-order valence-electron chi connectivity index (χ1n) is 6.67. The summed E-state index contributed by atoms with van der Waals surface area (Å²) in [6.45, 7) is 5.11. The summed E-state index contributed by atoms with van der Waals surface area (Å²) in [5.41, 5.74) is 1.30. The third kappa shape index (κ3) is 2.81. The van der Waals surface area contributed by atoms with Crippen LogP contribution in [0.2, 0.25) is 0 Å². The number of para-hydroxylation sites is 1. The quantitative estimate of drug-likeness (QED) is 0.813. The van der Waals surface area contributed by atoms with E-state index >= 15 is 0 Å². The largest absolute Gasteiger partial charge is 0.494 e. The number of hydrogen-bond donors (Lipinski definition) is 1. The van der Waals surface area contributed by atoms with Gasteiger partial charge >= 0.3 is 0 Å². The molecule has 0 radical (unpaired) electrons. The van der Waals surface area contributed by atoms with E-state index in [1.54, 1.807) is 0 Å². The van der Waals surface area contributed by atoms with Gasteiger partial charge in [0.2, 0.25) is 0 Å². The third-order valence-corrected chi connectivity index (χ3v) is 3.76. The van der Waals surface area contributed by atoms with Crippen molar-refractivity contribution in [1.29, 1.82) is 0 Å². The van der Waals surface area contributed by atoms with E-state index in [-0.39, 0.29) is 0 Å². The van der Waals surface area contributed by atoms with Crippen LogP contribution in [0.15, 0.2) is 24.3 Å². The fraction of sp³-hybridized carbons (Fsp3) is 0.600. The second-order valence-corrected chi connectivity index (χ2v) is 4.93. The second kappa shape index (κ2) is 5.54. The molecule has 17 heavy (non-hydrogen) atoms. The zero-order chi connectivity index (χ0) is 12.3. The fourth-order valence-electron chi connectivity index (χ4n) is 2.62. The third-order valence-electron chi connectivity index (χ3n) is 3.76. The van der Waals surface area contributed by atoms with Gasteiger partial charge in [-0.15, -0.1) is 0 Å². The Labute approximate surface area is 104 Å². The Morgan fingerprint density at radius 1 is 1.35 bits per heavy atom. The minimum Gasteiger partial charge on any atom is -0.494 e. The summed E-state index contributed by atoms with van der Waals surface area (Å²) in [5, 5.41) is 3.46. The predicted molar refractivity (Wildman–Crippen MR) is 71.3 cm³/mol. The van der Waals surface area contributed by atoms with E-state index in [0.29, 0.717) is 12.0 Å². The monoisotopic (exact) mass is 233 g/mol. The van der Waals surface area contributed by atoms with Gasteiger partial charge < -0.3 is 10.1 Å². The van der Waals surface area contributed by atoms with E-state index in [1.807, 2.05) is 20.0 Å². The molecule has 1 saturated carbocycles. The zero-order valence-electron chi connectivity index (χ0n) is 11.1. The van der Waals surface area contributed by atoms with Crippen LogP contribution in [0.1, 0.15) is 38.3 Å². The molecule has 0 saturated heterocycles. The van der Waals surface area contributed by atoms with Crippen LogP contribution in [0.3, 0.4) is 0 Å². The van der Waals surface area contributed by atoms with Gasteiger partial charge in [0.1, 0.15) is 5.75 Å². The van der Waals surface area contributed by atoms with Crippen molar-refractivity contribution in [2.24, 2.45) is 11.8 Å². The van der Waals surface area contributed by atoms with Crippen LogP contribution in [0, 0.1) is 11.8 Å². The first-order valence-corrected chi connectivity index (χ1v) is 6.67. The molecular formula is C15H23NO. The Hall–Kier alpha value is -1.02. The highest BCUT2D eigenvalue weighted by atomic mass is 16.5. The van der Waals surface area contributed by atoms with E-state index in [2.05, 4.69) is 30.4 Å². The summed E-state index contributed by atoms with van der Waals surface area (Å²) in [6.07, 6.45) is 2.77. The smallest absolute Gasteiger partial charge is 0.124 e. The lowest BCUT2D eigenvalue weighted by molar-refractivity contribution is 0.314. The normalized spacial score (nSPS) is 18.8. The standard InChI is InChI=1S/C15H23NO/c1-4-17-14-8-6-5-7-13(14)15(16-3)11(2)12-9-10-12/h5-8,11-12,15-16H,4,9-10H2,1-3H3. The lowest BCUT2D eigenvalue weighted by Crippen LogP contribution is -2.25. The number of benzene rings is 1. The SMILES string of the molecule is CCOc1ccccc1C(NC)C(C)C1CC1. The molecule has 0 bridgehead atoms. The summed E-state index contributed by atoms with van der Waals surface area (Å²) in [7, 11) is 2.05. The first kappa shape index (κ1) is 12.4. The molecule has 0 aliphatic heterocycles. The molecule has 94 valence electrons. The Morgan fingerprint density at radius 3 is 2.65 bits per heavy atom. The van der Waals surface area contributed by atoms with Crippen molar-refractivity contribution in [1.82, 2.24) is 5.32 Å². The van der Waals surface area contributed by atoms with Crippen molar-refractivity contribution in [2.45, 2.75) is 32.7 Å². The average molecular weight is 233 g/mol. The average Bonchev–Trinajstić information content (AvgIpc) is 3.16. The van der Waals surface area contributed by atoms with Gasteiger partial charge in [-0.3, -0.25) is 0 Å². The topological polar surface area (TPSA) is 21.3 Å². The highest BCUT2D eigenvalue weighted by Crippen LogP contribution is 2.44. The molecule has 0 heterocycles. The number of nitrogens with one attached hydrogen (secondary N) is 1. The Kier molecular flexibility index (Phi) is 4.06. The number of hydrogen-bond acceptors (Lipinski definition) is 2. The summed E-state index contributed by atoms with van der Waals surface area (Å²) < 4.78 is 5.73. The fourth-order valence-corrected chi connectivity index (χ4v) is 2.62. The van der Waals surface area contributed by atoms with Crippen molar-refractivity contribution >= 4 is 0 Å². The molecule has 2 atom stereocenters. The van der Waals surface area contributed by atoms with E-state index in [9.17, 15) is 0 Å². The van der Waals surface area contributed by atoms with Crippen molar-refractivity contribution in [3.8, 4) is 5.75 Å². The molecule has 1 fully saturated rings. The van der Waals surface area contributed by atoms with Crippen LogP contribution in [0.4, 0.5) is 0 Å². The summed E-state index contributed by atoms with van der Waals surface area (Å²) >= 11 is 0. The van der Waals surface area contributed by atoms with E-state index < -0.39 is 0 Å². The Balaban J connectivity index is 2.22. The van der Waals surface area contributed by atoms with Gasteiger partial charge in [0, 0.05) is 11.6 Å². The van der Waals surface area contributed by atoms with E-state index in [4.69, 9.17) is 4.74 Å². The molecular weight excluding hydrogens is 210 g/mol. The van der Waals surface area contributed by atoms with Crippen LogP contribution in [0.25, 0.3) is 0 Å². The molecule has 0 amide bonds. The van der Waals surface area contributed by atoms with Crippen molar-refractivity contribution in [3.63, 3.8) is 0 Å². The van der Waals surface area contributed by atoms with Gasteiger partial charge in [0.05, 0.1) is 6.61 Å². The molecule has 1 N–H and O–H groups in total. The molecule has 1 aliphatic rings. The second-order valence-electron chi connectivity index (χ2n) is 4.93. The number of ether oxygens (including phenoxy) is 1. The maximum atomic E-state index is 5.73. The molecule has 2 unspecified atom stereocenters. The highest BCUT2D eigenvalue weighted by Gasteiger charge is 2.34. The molecule has 0 spiro atoms. The molecule has 2 heteroatoms. The lowest BCUT2D eigenvalue weighted by Gasteiger charge is -2.25. The van der Waals surface area contributed by atoms with Crippen LogP contribution < -0.4 is 10.1 Å². The van der Waals surface area contributed by atoms with Gasteiger partial charge in [-0.25, -0.2) is 0 Å². The van der Waals surface area contributed by atoms with Gasteiger partial charge in [0.25, 0.3) is 0 Å². The minimum atomic E-state index is 0.408. The van der Waals surface area contributed by atoms with Crippen LogP contribution >= 0.6 is 0 Å². The van der Waals surface area contributed by atoms with Crippen molar-refractivity contribution in [3.05, 3.63) is 29.8 Å². The van der Waals surface area contributed by atoms with Gasteiger partial charge in [-0.2, -0.15) is 0 Å². The molecule has 2 rings (SSSR count). The van der Waals surface area contributed by atoms with Crippen LogP contribution in [-0.2, 0) is 0 Å². The molecule has 1 aromatic carbocycles. The van der Waals surface area contributed by atoms with Gasteiger partial charge in [0.15, 0.2) is 0 Å². The summed E-state index contributed by atoms with van der Waals surface area (Å²) in [5.74, 6) is 2.60. The predicted octanol–water partition coefficient (Wildman–Crippen LogP) is 3.39. The summed E-state index contributed by atoms with van der Waals surface area (Å²) in [4.78, 5) is 0. The Morgan fingerprint density at radius 2 is 2.06 bits per heavy atom. The first-order chi connectivity index (χ1) is 8.27. The maximum Gasteiger partial charge on any atom is 0.124 e. The molecule has 0 aromatic heterocycles. The lowest BCUT2D eigenvalue weighted by atomic mass is 9.90. The van der Waals surface area contributed by atoms with E-state index in [0.717, 1.165) is 18.3 Å². The van der Waals surface area contributed by atoms with Gasteiger partial charge in [-0.1, -0.05) is 25.1 Å². The number of rotatable bonds is 6. The van der Waals surface area contributed by atoms with E-state index in [1.165, 1.54) is 18.4 Å². The highest BCUT2D eigenvalue weighted by molar-refractivity contribution is 5.36. The Bertz CT molecular complexity index is 360. The molecule has 1 aliphatic carbocycles. The molecule has 2 nitrogen and oxygen atoms in total. The van der Waals surface area contributed by atoms with Crippen molar-refractivity contribution in [2.75, 3.05) is 13.7 Å². The van der Waals surface area contributed by atoms with Gasteiger partial charge in [-0.05, 0) is 44.7 Å². The minimum absolute atomic E-state index is 0.408. The maximum absolute atomic E-state index is 5.73. The van der Waals surface area contributed by atoms with Crippen LogP contribution in [0.5, 0.6) is 5.75 Å². The molecule has 1 aromatic rings. The van der Waals surface area contributed by atoms with Crippen molar-refractivity contribution < 1.29 is 4.74 Å². The zero-order valence-corrected chi connectivity index (χ0v) is 11.1. The summed E-state index contributed by atoms with van der Waals surface area (Å²) in [6, 6.07) is 8.81. The van der Waals surface area contributed by atoms with Crippen LogP contribution in [-0.4, -0.2) is 13.7 Å².